The maximum Gasteiger partial charge on any atom is 0.259 e. The number of amides is 1. The van der Waals surface area contributed by atoms with Crippen LogP contribution in [-0.2, 0) is 0 Å². The van der Waals surface area contributed by atoms with Crippen molar-refractivity contribution in [2.24, 2.45) is 0 Å². The fourth-order valence-corrected chi connectivity index (χ4v) is 2.52. The summed E-state index contributed by atoms with van der Waals surface area (Å²) < 4.78 is 10.5. The molecule has 1 amide bonds. The minimum absolute atomic E-state index is 0.242. The Hall–Kier alpha value is -3.27. The summed E-state index contributed by atoms with van der Waals surface area (Å²) in [5.74, 6) is 0.855. The largest absolute Gasteiger partial charge is 0.497 e. The number of hydrogen-bond acceptors (Lipinski definition) is 3. The molecule has 0 aliphatic carbocycles. The monoisotopic (exact) mass is 332 g/mol. The minimum atomic E-state index is -0.242. The lowest BCUT2D eigenvalue weighted by molar-refractivity contribution is 0.102. The number of carbonyl (C=O) groups is 1. The number of rotatable bonds is 5. The summed E-state index contributed by atoms with van der Waals surface area (Å²) in [7, 11) is 3.10. The van der Waals surface area contributed by atoms with E-state index in [9.17, 15) is 4.79 Å². The third-order valence-corrected chi connectivity index (χ3v) is 3.79. The molecule has 1 radical (unpaired) electrons. The summed E-state index contributed by atoms with van der Waals surface area (Å²) in [5, 5.41) is 2.91. The van der Waals surface area contributed by atoms with E-state index in [-0.39, 0.29) is 5.91 Å². The molecular weight excluding hydrogens is 314 g/mol. The molecule has 3 aromatic rings. The van der Waals surface area contributed by atoms with Gasteiger partial charge in [-0.15, -0.1) is 0 Å². The van der Waals surface area contributed by atoms with Crippen LogP contribution in [0.2, 0.25) is 0 Å². The van der Waals surface area contributed by atoms with Crippen LogP contribution in [0.15, 0.2) is 66.7 Å². The predicted molar refractivity (Wildman–Crippen MR) is 98.2 cm³/mol. The maximum absolute atomic E-state index is 12.6. The molecule has 3 rings (SSSR count). The second-order valence-electron chi connectivity index (χ2n) is 5.38. The Morgan fingerprint density at radius 1 is 0.960 bits per heavy atom. The first-order valence-electron chi connectivity index (χ1n) is 7.82. The number of ether oxygens (including phenoxy) is 2. The average molecular weight is 332 g/mol. The maximum atomic E-state index is 12.6. The van der Waals surface area contributed by atoms with Crippen LogP contribution in [0.4, 0.5) is 5.69 Å². The van der Waals surface area contributed by atoms with Gasteiger partial charge in [0.05, 0.1) is 19.8 Å². The van der Waals surface area contributed by atoms with Crippen LogP contribution in [0, 0.1) is 6.07 Å². The van der Waals surface area contributed by atoms with Crippen LogP contribution in [0.25, 0.3) is 11.1 Å². The highest BCUT2D eigenvalue weighted by molar-refractivity contribution is 6.06. The van der Waals surface area contributed by atoms with Gasteiger partial charge in [-0.05, 0) is 41.5 Å². The highest BCUT2D eigenvalue weighted by Crippen LogP contribution is 2.26. The summed E-state index contributed by atoms with van der Waals surface area (Å²) >= 11 is 0. The van der Waals surface area contributed by atoms with Gasteiger partial charge in [-0.25, -0.2) is 0 Å². The normalized spacial score (nSPS) is 10.2. The van der Waals surface area contributed by atoms with Crippen molar-refractivity contribution in [2.75, 3.05) is 19.5 Å². The standard InChI is InChI=1S/C21H18NO3/c1-24-18-11-12-19(20(14-18)25-2)21(23)22-17-10-6-9-16(13-17)15-7-4-3-5-8-15/h3-7,9-14H,1-2H3,(H,22,23). The van der Waals surface area contributed by atoms with Gasteiger partial charge in [0.1, 0.15) is 11.5 Å². The zero-order valence-corrected chi connectivity index (χ0v) is 14.1. The van der Waals surface area contributed by atoms with Crippen molar-refractivity contribution >= 4 is 11.6 Å². The van der Waals surface area contributed by atoms with Gasteiger partial charge in [-0.1, -0.05) is 36.4 Å². The van der Waals surface area contributed by atoms with Crippen LogP contribution in [0.1, 0.15) is 10.4 Å². The molecule has 0 heterocycles. The van der Waals surface area contributed by atoms with E-state index in [2.05, 4.69) is 11.4 Å². The highest BCUT2D eigenvalue weighted by atomic mass is 16.5. The van der Waals surface area contributed by atoms with Gasteiger partial charge < -0.3 is 14.8 Å². The first-order valence-corrected chi connectivity index (χ1v) is 7.82. The number of nitrogens with one attached hydrogen (secondary N) is 1. The SMILES string of the molecule is COc1ccc(C(=O)Nc2cccc(-c3[c]cccc3)c2)c(OC)c1. The van der Waals surface area contributed by atoms with Gasteiger partial charge in [0.15, 0.2) is 0 Å². The number of anilines is 1. The molecule has 0 aliphatic heterocycles. The van der Waals surface area contributed by atoms with E-state index in [0.717, 1.165) is 11.1 Å². The van der Waals surface area contributed by atoms with Crippen molar-refractivity contribution in [3.63, 3.8) is 0 Å². The first-order chi connectivity index (χ1) is 12.2. The Bertz CT molecular complexity index is 875. The van der Waals surface area contributed by atoms with E-state index in [1.807, 2.05) is 48.5 Å². The van der Waals surface area contributed by atoms with Crippen LogP contribution in [-0.4, -0.2) is 20.1 Å². The second kappa shape index (κ2) is 7.53. The summed E-state index contributed by atoms with van der Waals surface area (Å²) in [5.41, 5.74) is 3.11. The van der Waals surface area contributed by atoms with Crippen molar-refractivity contribution in [3.8, 4) is 22.6 Å². The van der Waals surface area contributed by atoms with Gasteiger partial charge in [-0.3, -0.25) is 4.79 Å². The van der Waals surface area contributed by atoms with E-state index in [4.69, 9.17) is 9.47 Å². The van der Waals surface area contributed by atoms with E-state index in [1.54, 1.807) is 25.3 Å². The van der Waals surface area contributed by atoms with Crippen LogP contribution < -0.4 is 14.8 Å². The van der Waals surface area contributed by atoms with Gasteiger partial charge in [-0.2, -0.15) is 0 Å². The van der Waals surface area contributed by atoms with Crippen LogP contribution in [0.5, 0.6) is 11.5 Å². The van der Waals surface area contributed by atoms with Gasteiger partial charge in [0, 0.05) is 11.8 Å². The molecule has 0 saturated carbocycles. The van der Waals surface area contributed by atoms with E-state index >= 15 is 0 Å². The Morgan fingerprint density at radius 2 is 1.84 bits per heavy atom. The predicted octanol–water partition coefficient (Wildman–Crippen LogP) is 4.42. The van der Waals surface area contributed by atoms with Gasteiger partial charge in [0.25, 0.3) is 5.91 Å². The first kappa shape index (κ1) is 16.6. The van der Waals surface area contributed by atoms with Crippen molar-refractivity contribution in [3.05, 3.63) is 78.4 Å². The minimum Gasteiger partial charge on any atom is -0.497 e. The molecule has 25 heavy (non-hydrogen) atoms. The molecule has 0 aromatic heterocycles. The molecule has 0 aliphatic rings. The van der Waals surface area contributed by atoms with Crippen molar-refractivity contribution < 1.29 is 14.3 Å². The number of benzene rings is 3. The molecule has 0 atom stereocenters. The summed E-state index contributed by atoms with van der Waals surface area (Å²) in [6.45, 7) is 0. The quantitative estimate of drug-likeness (QED) is 0.752. The molecule has 4 heteroatoms. The zero-order chi connectivity index (χ0) is 17.6. The van der Waals surface area contributed by atoms with Crippen molar-refractivity contribution in [2.45, 2.75) is 0 Å². The van der Waals surface area contributed by atoms with Crippen LogP contribution >= 0.6 is 0 Å². The van der Waals surface area contributed by atoms with E-state index in [0.29, 0.717) is 22.7 Å². The van der Waals surface area contributed by atoms with E-state index < -0.39 is 0 Å². The molecule has 0 bridgehead atoms. The van der Waals surface area contributed by atoms with Crippen molar-refractivity contribution in [1.82, 2.24) is 0 Å². The molecular formula is C21H18NO3. The lowest BCUT2D eigenvalue weighted by Gasteiger charge is -2.11. The molecule has 3 aromatic carbocycles. The van der Waals surface area contributed by atoms with E-state index in [1.165, 1.54) is 7.11 Å². The fourth-order valence-electron chi connectivity index (χ4n) is 2.52. The highest BCUT2D eigenvalue weighted by Gasteiger charge is 2.14. The summed E-state index contributed by atoms with van der Waals surface area (Å²) in [6.07, 6.45) is 0. The number of carbonyl (C=O) groups excluding carboxylic acids is 1. The van der Waals surface area contributed by atoms with Gasteiger partial charge >= 0.3 is 0 Å². The smallest absolute Gasteiger partial charge is 0.259 e. The number of hydrogen-bond donors (Lipinski definition) is 1. The average Bonchev–Trinajstić information content (AvgIpc) is 2.68. The van der Waals surface area contributed by atoms with Gasteiger partial charge in [0.2, 0.25) is 0 Å². The summed E-state index contributed by atoms with van der Waals surface area (Å²) in [6, 6.07) is 23.6. The Balaban J connectivity index is 1.84. The Morgan fingerprint density at radius 3 is 2.56 bits per heavy atom. The lowest BCUT2D eigenvalue weighted by Crippen LogP contribution is -2.13. The molecule has 0 saturated heterocycles. The molecule has 0 spiro atoms. The number of methoxy groups -OCH3 is 2. The molecule has 0 fully saturated rings. The topological polar surface area (TPSA) is 47.6 Å². The molecule has 4 nitrogen and oxygen atoms in total. The molecule has 125 valence electrons. The van der Waals surface area contributed by atoms with Crippen molar-refractivity contribution in [1.29, 1.82) is 0 Å². The lowest BCUT2D eigenvalue weighted by atomic mass is 10.1. The molecule has 1 N–H and O–H groups in total. The zero-order valence-electron chi connectivity index (χ0n) is 14.1. The van der Waals surface area contributed by atoms with Crippen LogP contribution in [0.3, 0.4) is 0 Å². The molecule has 0 unspecified atom stereocenters. The fraction of sp³-hybridized carbons (Fsp3) is 0.0952. The summed E-state index contributed by atoms with van der Waals surface area (Å²) in [4.78, 5) is 12.6. The third kappa shape index (κ3) is 3.80. The Labute approximate surface area is 147 Å². The third-order valence-electron chi connectivity index (χ3n) is 3.79. The second-order valence-corrected chi connectivity index (χ2v) is 5.38. The Kier molecular flexibility index (Phi) is 5.00.